The fourth-order valence-electron chi connectivity index (χ4n) is 3.36. The Bertz CT molecular complexity index is 812. The second-order valence-corrected chi connectivity index (χ2v) is 7.14. The molecule has 2 N–H and O–H groups in total. The van der Waals surface area contributed by atoms with Gasteiger partial charge in [-0.2, -0.15) is 0 Å². The van der Waals surface area contributed by atoms with Crippen LogP contribution in [0.25, 0.3) is 0 Å². The Balaban J connectivity index is 1.75. The predicted octanol–water partition coefficient (Wildman–Crippen LogP) is 3.85. The Kier molecular flexibility index (Phi) is 5.64. The van der Waals surface area contributed by atoms with Crippen molar-refractivity contribution in [1.82, 2.24) is 4.90 Å². The van der Waals surface area contributed by atoms with Gasteiger partial charge in [0.15, 0.2) is 0 Å². The summed E-state index contributed by atoms with van der Waals surface area (Å²) in [7, 11) is 0. The van der Waals surface area contributed by atoms with E-state index in [0.29, 0.717) is 11.4 Å². The molecule has 26 heavy (non-hydrogen) atoms. The van der Waals surface area contributed by atoms with Crippen molar-refractivity contribution >= 4 is 28.7 Å². The Morgan fingerprint density at radius 3 is 2.73 bits per heavy atom. The average Bonchev–Trinajstić information content (AvgIpc) is 2.82. The minimum Gasteiger partial charge on any atom is -0.398 e. The molecule has 0 unspecified atom stereocenters. The lowest BCUT2D eigenvalue weighted by Gasteiger charge is -2.24. The van der Waals surface area contributed by atoms with E-state index in [1.54, 1.807) is 19.1 Å². The SMILES string of the molecule is Cc1cc([N+](=O)[O-])c(N2CCCN(Cc3cccc(Cl)c3)CC2)cc1N. The summed E-state index contributed by atoms with van der Waals surface area (Å²) >= 11 is 6.07. The van der Waals surface area contributed by atoms with Crippen molar-refractivity contribution in [2.45, 2.75) is 19.9 Å². The summed E-state index contributed by atoms with van der Waals surface area (Å²) in [6.45, 7) is 5.89. The summed E-state index contributed by atoms with van der Waals surface area (Å²) in [5.41, 5.74) is 9.25. The number of hydrogen-bond acceptors (Lipinski definition) is 5. The van der Waals surface area contributed by atoms with Crippen LogP contribution in [0.15, 0.2) is 36.4 Å². The van der Waals surface area contributed by atoms with Gasteiger partial charge in [0.25, 0.3) is 5.69 Å². The summed E-state index contributed by atoms with van der Waals surface area (Å²) in [5, 5.41) is 12.2. The van der Waals surface area contributed by atoms with Gasteiger partial charge in [-0.25, -0.2) is 0 Å². The maximum absolute atomic E-state index is 11.5. The van der Waals surface area contributed by atoms with Crippen LogP contribution in [0.5, 0.6) is 0 Å². The van der Waals surface area contributed by atoms with E-state index in [0.717, 1.165) is 49.7 Å². The lowest BCUT2D eigenvalue weighted by Crippen LogP contribution is -2.31. The fourth-order valence-corrected chi connectivity index (χ4v) is 3.57. The number of nitrogen functional groups attached to an aromatic ring is 1. The highest BCUT2D eigenvalue weighted by Crippen LogP contribution is 2.33. The average molecular weight is 375 g/mol. The number of rotatable bonds is 4. The van der Waals surface area contributed by atoms with Crippen LogP contribution in [0.1, 0.15) is 17.5 Å². The molecule has 1 aliphatic heterocycles. The van der Waals surface area contributed by atoms with E-state index in [-0.39, 0.29) is 10.6 Å². The molecule has 0 saturated carbocycles. The van der Waals surface area contributed by atoms with Crippen LogP contribution in [0.2, 0.25) is 5.02 Å². The summed E-state index contributed by atoms with van der Waals surface area (Å²) < 4.78 is 0. The number of nitro benzene ring substituents is 1. The largest absolute Gasteiger partial charge is 0.398 e. The zero-order chi connectivity index (χ0) is 18.7. The first-order valence-corrected chi connectivity index (χ1v) is 9.08. The molecule has 0 bridgehead atoms. The molecule has 1 saturated heterocycles. The van der Waals surface area contributed by atoms with Gasteiger partial charge in [-0.3, -0.25) is 15.0 Å². The van der Waals surface area contributed by atoms with Crippen LogP contribution in [0.3, 0.4) is 0 Å². The van der Waals surface area contributed by atoms with Crippen molar-refractivity contribution < 1.29 is 4.92 Å². The highest BCUT2D eigenvalue weighted by molar-refractivity contribution is 6.30. The first-order valence-electron chi connectivity index (χ1n) is 8.70. The molecule has 7 heteroatoms. The van der Waals surface area contributed by atoms with Crippen molar-refractivity contribution in [3.05, 3.63) is 62.7 Å². The van der Waals surface area contributed by atoms with E-state index in [2.05, 4.69) is 15.9 Å². The molecule has 1 heterocycles. The maximum atomic E-state index is 11.5. The molecule has 0 aliphatic carbocycles. The Hall–Kier alpha value is -2.31. The molecule has 0 radical (unpaired) electrons. The normalized spacial score (nSPS) is 15.7. The van der Waals surface area contributed by atoms with E-state index in [9.17, 15) is 10.1 Å². The zero-order valence-electron chi connectivity index (χ0n) is 14.8. The lowest BCUT2D eigenvalue weighted by molar-refractivity contribution is -0.384. The summed E-state index contributed by atoms with van der Waals surface area (Å²) in [6.07, 6.45) is 0.936. The second kappa shape index (κ2) is 7.93. The molecular formula is C19H23ClN4O2. The van der Waals surface area contributed by atoms with Crippen molar-refractivity contribution in [2.24, 2.45) is 0 Å². The van der Waals surface area contributed by atoms with Crippen LogP contribution < -0.4 is 10.6 Å². The second-order valence-electron chi connectivity index (χ2n) is 6.70. The van der Waals surface area contributed by atoms with Gasteiger partial charge < -0.3 is 10.6 Å². The molecule has 138 valence electrons. The molecule has 1 fully saturated rings. The quantitative estimate of drug-likeness (QED) is 0.499. The van der Waals surface area contributed by atoms with Crippen LogP contribution >= 0.6 is 11.6 Å². The number of hydrogen-bond donors (Lipinski definition) is 1. The van der Waals surface area contributed by atoms with E-state index in [1.165, 1.54) is 5.56 Å². The van der Waals surface area contributed by atoms with E-state index in [1.807, 2.05) is 18.2 Å². The number of nitro groups is 1. The summed E-state index contributed by atoms with van der Waals surface area (Å²) in [5.74, 6) is 0. The molecule has 1 aliphatic rings. The zero-order valence-corrected chi connectivity index (χ0v) is 15.6. The smallest absolute Gasteiger partial charge is 0.292 e. The summed E-state index contributed by atoms with van der Waals surface area (Å²) in [4.78, 5) is 15.6. The van der Waals surface area contributed by atoms with Crippen LogP contribution in [0.4, 0.5) is 17.1 Å². The maximum Gasteiger partial charge on any atom is 0.292 e. The molecule has 0 aromatic heterocycles. The molecule has 2 aromatic rings. The minimum absolute atomic E-state index is 0.125. The predicted molar refractivity (Wildman–Crippen MR) is 106 cm³/mol. The number of nitrogens with zero attached hydrogens (tertiary/aromatic N) is 3. The van der Waals surface area contributed by atoms with Gasteiger partial charge in [0.1, 0.15) is 5.69 Å². The first kappa shape index (κ1) is 18.5. The third-order valence-corrected chi connectivity index (χ3v) is 5.02. The van der Waals surface area contributed by atoms with Gasteiger partial charge in [0, 0.05) is 49.5 Å². The van der Waals surface area contributed by atoms with Crippen LogP contribution in [-0.4, -0.2) is 36.0 Å². The third kappa shape index (κ3) is 4.26. The molecule has 0 spiro atoms. The first-order chi connectivity index (χ1) is 12.4. The van der Waals surface area contributed by atoms with Crippen molar-refractivity contribution in [1.29, 1.82) is 0 Å². The highest BCUT2D eigenvalue weighted by Gasteiger charge is 2.23. The topological polar surface area (TPSA) is 75.6 Å². The third-order valence-electron chi connectivity index (χ3n) is 4.78. The van der Waals surface area contributed by atoms with Gasteiger partial charge in [0.05, 0.1) is 4.92 Å². The number of anilines is 2. The molecule has 0 amide bonds. The Morgan fingerprint density at radius 1 is 1.19 bits per heavy atom. The van der Waals surface area contributed by atoms with E-state index in [4.69, 9.17) is 17.3 Å². The standard InChI is InChI=1S/C19H23ClN4O2/c1-14-10-19(24(25)26)18(12-17(14)21)23-7-3-6-22(8-9-23)13-15-4-2-5-16(20)11-15/h2,4-5,10-12H,3,6-9,13,21H2,1H3. The Labute approximate surface area is 158 Å². The molecule has 2 aromatic carbocycles. The summed E-state index contributed by atoms with van der Waals surface area (Å²) in [6, 6.07) is 11.2. The molecular weight excluding hydrogens is 352 g/mol. The van der Waals surface area contributed by atoms with E-state index < -0.39 is 0 Å². The van der Waals surface area contributed by atoms with Crippen molar-refractivity contribution in [3.8, 4) is 0 Å². The van der Waals surface area contributed by atoms with E-state index >= 15 is 0 Å². The number of nitrogens with two attached hydrogens (primary N) is 1. The monoisotopic (exact) mass is 374 g/mol. The van der Waals surface area contributed by atoms with Crippen molar-refractivity contribution in [2.75, 3.05) is 36.8 Å². The van der Waals surface area contributed by atoms with Gasteiger partial charge in [-0.05, 0) is 42.7 Å². The molecule has 3 rings (SSSR count). The minimum atomic E-state index is -0.323. The number of benzene rings is 2. The number of aryl methyl sites for hydroxylation is 1. The number of halogens is 1. The molecule has 6 nitrogen and oxygen atoms in total. The lowest BCUT2D eigenvalue weighted by atomic mass is 10.1. The van der Waals surface area contributed by atoms with Crippen LogP contribution in [0, 0.1) is 17.0 Å². The van der Waals surface area contributed by atoms with Gasteiger partial charge >= 0.3 is 0 Å². The molecule has 0 atom stereocenters. The fraction of sp³-hybridized carbons (Fsp3) is 0.368. The van der Waals surface area contributed by atoms with Gasteiger partial charge in [-0.1, -0.05) is 23.7 Å². The van der Waals surface area contributed by atoms with Gasteiger partial charge in [0.2, 0.25) is 0 Å². The van der Waals surface area contributed by atoms with Crippen molar-refractivity contribution in [3.63, 3.8) is 0 Å². The Morgan fingerprint density at radius 2 is 2.00 bits per heavy atom. The highest BCUT2D eigenvalue weighted by atomic mass is 35.5. The van der Waals surface area contributed by atoms with Crippen LogP contribution in [-0.2, 0) is 6.54 Å². The van der Waals surface area contributed by atoms with Gasteiger partial charge in [-0.15, -0.1) is 0 Å².